The van der Waals surface area contributed by atoms with E-state index in [1.54, 1.807) is 17.0 Å². The Morgan fingerprint density at radius 2 is 1.80 bits per heavy atom. The van der Waals surface area contributed by atoms with Gasteiger partial charge in [-0.1, -0.05) is 29.8 Å². The number of benzene rings is 2. The number of rotatable bonds is 4. The minimum atomic E-state index is -0.852. The lowest BCUT2D eigenvalue weighted by atomic mass is 9.96. The molecule has 7 heteroatoms. The van der Waals surface area contributed by atoms with Crippen LogP contribution in [-0.2, 0) is 9.59 Å². The highest BCUT2D eigenvalue weighted by molar-refractivity contribution is 6.45. The van der Waals surface area contributed by atoms with Gasteiger partial charge in [0.2, 0.25) is 0 Å². The van der Waals surface area contributed by atoms with Crippen molar-refractivity contribution in [2.75, 3.05) is 24.6 Å². The maximum atomic E-state index is 14.5. The molecule has 1 atom stereocenters. The van der Waals surface area contributed by atoms with Crippen molar-refractivity contribution in [1.82, 2.24) is 4.90 Å². The van der Waals surface area contributed by atoms with E-state index in [1.807, 2.05) is 19.1 Å². The highest BCUT2D eigenvalue weighted by Crippen LogP contribution is 2.37. The van der Waals surface area contributed by atoms with Crippen molar-refractivity contribution in [2.24, 2.45) is 5.92 Å². The van der Waals surface area contributed by atoms with Crippen LogP contribution < -0.4 is 4.90 Å². The lowest BCUT2D eigenvalue weighted by molar-refractivity contribution is -0.121. The maximum absolute atomic E-state index is 14.5. The summed E-state index contributed by atoms with van der Waals surface area (Å²) in [4.78, 5) is 29.2. The van der Waals surface area contributed by atoms with Gasteiger partial charge in [-0.25, -0.2) is 13.7 Å². The van der Waals surface area contributed by atoms with Gasteiger partial charge in [-0.2, -0.15) is 0 Å². The molecule has 0 radical (unpaired) electrons. The highest BCUT2D eigenvalue weighted by atomic mass is 19.1. The predicted molar refractivity (Wildman–Crippen MR) is 108 cm³/mol. The van der Waals surface area contributed by atoms with Gasteiger partial charge in [0.1, 0.15) is 17.3 Å². The fourth-order valence-corrected chi connectivity index (χ4v) is 4.09. The third-order valence-electron chi connectivity index (χ3n) is 5.64. The average molecular weight is 412 g/mol. The maximum Gasteiger partial charge on any atom is 0.282 e. The number of amides is 2. The molecular formula is C23H22F2N2O3. The van der Waals surface area contributed by atoms with Gasteiger partial charge in [0, 0.05) is 25.8 Å². The Labute approximate surface area is 173 Å². The van der Waals surface area contributed by atoms with Gasteiger partial charge < -0.3 is 10.0 Å². The number of hydrogen-bond donors (Lipinski definition) is 1. The number of nitrogens with zero attached hydrogens (tertiary/aromatic N) is 2. The minimum Gasteiger partial charge on any atom is -0.396 e. The molecule has 0 aromatic heterocycles. The summed E-state index contributed by atoms with van der Waals surface area (Å²) < 4.78 is 28.3. The number of carbonyl (C=O) groups excluding carboxylic acids is 2. The topological polar surface area (TPSA) is 60.9 Å². The number of aryl methyl sites for hydroxylation is 1. The number of anilines is 1. The number of imide groups is 1. The molecule has 1 fully saturated rings. The quantitative estimate of drug-likeness (QED) is 0.784. The molecule has 0 spiro atoms. The van der Waals surface area contributed by atoms with E-state index in [1.165, 1.54) is 0 Å². The van der Waals surface area contributed by atoms with E-state index in [-0.39, 0.29) is 23.8 Å². The standard InChI is InChI=1S/C23H22F2N2O3/c1-14-4-6-16(7-5-14)20-21(26-10-2-3-15(12-26)13-28)23(30)27(22(20)29)19-11-17(24)8-9-18(19)25/h4-9,11,15,28H,2-3,10,12-13H2,1H3. The molecule has 156 valence electrons. The fourth-order valence-electron chi connectivity index (χ4n) is 4.09. The van der Waals surface area contributed by atoms with Crippen LogP contribution in [0.5, 0.6) is 0 Å². The zero-order chi connectivity index (χ0) is 21.4. The molecule has 1 saturated heterocycles. The summed E-state index contributed by atoms with van der Waals surface area (Å²) in [5, 5.41) is 9.58. The number of aliphatic hydroxyl groups is 1. The van der Waals surface area contributed by atoms with Crippen LogP contribution in [0.1, 0.15) is 24.0 Å². The first-order valence-corrected chi connectivity index (χ1v) is 9.91. The second-order valence-electron chi connectivity index (χ2n) is 7.77. The van der Waals surface area contributed by atoms with Crippen molar-refractivity contribution >= 4 is 23.1 Å². The zero-order valence-electron chi connectivity index (χ0n) is 16.6. The van der Waals surface area contributed by atoms with Gasteiger partial charge in [-0.15, -0.1) is 0 Å². The molecule has 30 heavy (non-hydrogen) atoms. The first-order chi connectivity index (χ1) is 14.4. The third-order valence-corrected chi connectivity index (χ3v) is 5.64. The van der Waals surface area contributed by atoms with E-state index >= 15 is 0 Å². The monoisotopic (exact) mass is 412 g/mol. The van der Waals surface area contributed by atoms with Gasteiger partial charge in [0.25, 0.3) is 11.8 Å². The molecule has 2 aromatic rings. The minimum absolute atomic E-state index is 0.0198. The van der Waals surface area contributed by atoms with Crippen LogP contribution in [0.15, 0.2) is 48.2 Å². The van der Waals surface area contributed by atoms with Crippen LogP contribution in [0.3, 0.4) is 0 Å². The van der Waals surface area contributed by atoms with Gasteiger partial charge in [0.15, 0.2) is 0 Å². The average Bonchev–Trinajstić information content (AvgIpc) is 3.00. The number of hydrogen-bond acceptors (Lipinski definition) is 4. The largest absolute Gasteiger partial charge is 0.396 e. The van der Waals surface area contributed by atoms with Gasteiger partial charge in [-0.05, 0) is 43.4 Å². The summed E-state index contributed by atoms with van der Waals surface area (Å²) in [6.45, 7) is 2.85. The first kappa shape index (κ1) is 20.2. The summed E-state index contributed by atoms with van der Waals surface area (Å²) >= 11 is 0. The van der Waals surface area contributed by atoms with Gasteiger partial charge in [-0.3, -0.25) is 9.59 Å². The van der Waals surface area contributed by atoms with Crippen LogP contribution in [0.4, 0.5) is 14.5 Å². The van der Waals surface area contributed by atoms with Crippen molar-refractivity contribution in [3.63, 3.8) is 0 Å². The van der Waals surface area contributed by atoms with Crippen molar-refractivity contribution in [3.8, 4) is 0 Å². The number of carbonyl (C=O) groups is 2. The summed E-state index contributed by atoms with van der Waals surface area (Å²) in [6.07, 6.45) is 1.58. The highest BCUT2D eigenvalue weighted by Gasteiger charge is 2.44. The lowest BCUT2D eigenvalue weighted by Gasteiger charge is -2.34. The van der Waals surface area contributed by atoms with E-state index in [0.29, 0.717) is 23.6 Å². The zero-order valence-corrected chi connectivity index (χ0v) is 16.6. The Hall–Kier alpha value is -3.06. The molecule has 2 aromatic carbocycles. The predicted octanol–water partition coefficient (Wildman–Crippen LogP) is 3.26. The fraction of sp³-hybridized carbons (Fsp3) is 0.304. The third kappa shape index (κ3) is 3.50. The Bertz CT molecular complexity index is 1030. The number of halogens is 2. The second-order valence-corrected chi connectivity index (χ2v) is 7.77. The van der Waals surface area contributed by atoms with Crippen molar-refractivity contribution < 1.29 is 23.5 Å². The Morgan fingerprint density at radius 1 is 1.07 bits per heavy atom. The van der Waals surface area contributed by atoms with Gasteiger partial charge >= 0.3 is 0 Å². The Morgan fingerprint density at radius 3 is 2.50 bits per heavy atom. The molecule has 2 heterocycles. The molecule has 1 N–H and O–H groups in total. The summed E-state index contributed by atoms with van der Waals surface area (Å²) in [6, 6.07) is 9.84. The lowest BCUT2D eigenvalue weighted by Crippen LogP contribution is -2.40. The van der Waals surface area contributed by atoms with Crippen LogP contribution in [-0.4, -0.2) is 41.5 Å². The Balaban J connectivity index is 1.84. The molecule has 2 amide bonds. The molecule has 2 aliphatic rings. The van der Waals surface area contributed by atoms with E-state index in [9.17, 15) is 23.5 Å². The number of aliphatic hydroxyl groups excluding tert-OH is 1. The molecule has 0 bridgehead atoms. The van der Waals surface area contributed by atoms with E-state index in [2.05, 4.69) is 0 Å². The van der Waals surface area contributed by atoms with Gasteiger partial charge in [0.05, 0.1) is 11.3 Å². The molecule has 5 nitrogen and oxygen atoms in total. The number of likely N-dealkylation sites (tertiary alicyclic amines) is 1. The molecule has 1 unspecified atom stereocenters. The molecule has 4 rings (SSSR count). The normalized spacial score (nSPS) is 19.8. The smallest absolute Gasteiger partial charge is 0.282 e. The molecular weight excluding hydrogens is 390 g/mol. The van der Waals surface area contributed by atoms with E-state index < -0.39 is 29.1 Å². The van der Waals surface area contributed by atoms with Crippen LogP contribution in [0, 0.1) is 24.5 Å². The SMILES string of the molecule is Cc1ccc(C2=C(N3CCCC(CO)C3)C(=O)N(c3cc(F)ccc3F)C2=O)cc1. The van der Waals surface area contributed by atoms with E-state index in [4.69, 9.17) is 0 Å². The first-order valence-electron chi connectivity index (χ1n) is 9.91. The molecule has 0 saturated carbocycles. The second kappa shape index (κ2) is 7.99. The van der Waals surface area contributed by atoms with Crippen LogP contribution >= 0.6 is 0 Å². The number of piperidine rings is 1. The summed E-state index contributed by atoms with van der Waals surface area (Å²) in [5.41, 5.74) is 1.47. The van der Waals surface area contributed by atoms with Crippen molar-refractivity contribution in [2.45, 2.75) is 19.8 Å². The molecule has 2 aliphatic heterocycles. The summed E-state index contributed by atoms with van der Waals surface area (Å²) in [5.74, 6) is -2.98. The van der Waals surface area contributed by atoms with Crippen LogP contribution in [0.25, 0.3) is 5.57 Å². The van der Waals surface area contributed by atoms with Crippen LogP contribution in [0.2, 0.25) is 0 Å². The Kier molecular flexibility index (Phi) is 5.39. The summed E-state index contributed by atoms with van der Waals surface area (Å²) in [7, 11) is 0. The van der Waals surface area contributed by atoms with E-state index in [0.717, 1.165) is 36.6 Å². The molecule has 0 aliphatic carbocycles. The van der Waals surface area contributed by atoms with Crippen molar-refractivity contribution in [1.29, 1.82) is 0 Å². The van der Waals surface area contributed by atoms with Crippen molar-refractivity contribution in [3.05, 3.63) is 70.9 Å².